The minimum Gasteiger partial charge on any atom is -0.465 e. The van der Waals surface area contributed by atoms with E-state index in [4.69, 9.17) is 4.74 Å². The Balaban J connectivity index is 2.28. The molecule has 0 saturated carbocycles. The highest BCUT2D eigenvalue weighted by Gasteiger charge is 2.25. The van der Waals surface area contributed by atoms with E-state index in [2.05, 4.69) is 15.9 Å². The summed E-state index contributed by atoms with van der Waals surface area (Å²) in [7, 11) is 4.39. The molecule has 0 N–H and O–H groups in total. The Morgan fingerprint density at radius 1 is 1.14 bits per heavy atom. The van der Waals surface area contributed by atoms with Crippen LogP contribution < -0.4 is 0 Å². The van der Waals surface area contributed by atoms with Gasteiger partial charge in [-0.15, -0.1) is 0 Å². The molecule has 150 valence electrons. The highest BCUT2D eigenvalue weighted by atomic mass is 79.9. The van der Waals surface area contributed by atoms with Crippen molar-refractivity contribution in [1.29, 1.82) is 0 Å². The van der Waals surface area contributed by atoms with Gasteiger partial charge in [0.05, 0.1) is 18.2 Å². The Labute approximate surface area is 175 Å². The van der Waals surface area contributed by atoms with Gasteiger partial charge in [-0.25, -0.2) is 14.0 Å². The molecule has 3 rings (SSSR count). The fraction of sp³-hybridized carbons (Fsp3) is 0.190. The Morgan fingerprint density at radius 2 is 1.86 bits per heavy atom. The van der Waals surface area contributed by atoms with Crippen molar-refractivity contribution in [2.24, 2.45) is 0 Å². The molecule has 8 heteroatoms. The molecule has 0 aliphatic rings. The zero-order valence-corrected chi connectivity index (χ0v) is 17.6. The summed E-state index contributed by atoms with van der Waals surface area (Å²) in [6, 6.07) is 8.54. The maximum atomic E-state index is 14.2. The summed E-state index contributed by atoms with van der Waals surface area (Å²) < 4.78 is 20.3. The Hall–Kier alpha value is -3.00. The lowest BCUT2D eigenvalue weighted by molar-refractivity contribution is 0.0603. The molecule has 0 radical (unpaired) electrons. The number of hydrogen-bond donors (Lipinski definition) is 0. The van der Waals surface area contributed by atoms with Crippen LogP contribution in [0.5, 0.6) is 0 Å². The molecule has 2 aromatic carbocycles. The summed E-state index contributed by atoms with van der Waals surface area (Å²) in [5, 5.41) is 0.598. The number of carbonyl (C=O) groups excluding carboxylic acids is 3. The Morgan fingerprint density at radius 3 is 2.45 bits per heavy atom. The second-order valence-electron chi connectivity index (χ2n) is 6.55. The third kappa shape index (κ3) is 3.67. The summed E-state index contributed by atoms with van der Waals surface area (Å²) >= 11 is 3.19. The number of rotatable bonds is 4. The van der Waals surface area contributed by atoms with E-state index >= 15 is 0 Å². The molecule has 0 aliphatic heterocycles. The SMILES string of the molecule is COC(=O)c1cccc2c1c(C(=O)c1ccc(CBr)c(F)c1)cn2C(=O)N(C)C. The molecule has 1 aromatic heterocycles. The minimum atomic E-state index is -0.638. The summed E-state index contributed by atoms with van der Waals surface area (Å²) in [6.07, 6.45) is 1.37. The fourth-order valence-electron chi connectivity index (χ4n) is 3.07. The molecule has 6 nitrogen and oxygen atoms in total. The first-order valence-electron chi connectivity index (χ1n) is 8.63. The van der Waals surface area contributed by atoms with Gasteiger partial charge in [-0.2, -0.15) is 0 Å². The first kappa shape index (κ1) is 20.7. The van der Waals surface area contributed by atoms with Gasteiger partial charge in [-0.05, 0) is 23.8 Å². The third-order valence-electron chi connectivity index (χ3n) is 4.53. The number of halogens is 2. The van der Waals surface area contributed by atoms with E-state index in [1.54, 1.807) is 26.2 Å². The van der Waals surface area contributed by atoms with Crippen LogP contribution in [-0.4, -0.2) is 48.5 Å². The lowest BCUT2D eigenvalue weighted by Gasteiger charge is -2.11. The second-order valence-corrected chi connectivity index (χ2v) is 7.11. The van der Waals surface area contributed by atoms with Crippen LogP contribution >= 0.6 is 15.9 Å². The molecule has 1 amide bonds. The third-order valence-corrected chi connectivity index (χ3v) is 5.13. The highest BCUT2D eigenvalue weighted by molar-refractivity contribution is 9.08. The molecule has 0 unspecified atom stereocenters. The van der Waals surface area contributed by atoms with Crippen molar-refractivity contribution in [2.45, 2.75) is 5.33 Å². The molecular weight excluding hydrogens is 443 g/mol. The van der Waals surface area contributed by atoms with Crippen LogP contribution in [0.4, 0.5) is 9.18 Å². The lowest BCUT2D eigenvalue weighted by Crippen LogP contribution is -2.26. The van der Waals surface area contributed by atoms with Crippen LogP contribution in [0.25, 0.3) is 10.9 Å². The van der Waals surface area contributed by atoms with E-state index in [0.29, 0.717) is 16.4 Å². The van der Waals surface area contributed by atoms with Gasteiger partial charge >= 0.3 is 12.0 Å². The highest BCUT2D eigenvalue weighted by Crippen LogP contribution is 2.29. The van der Waals surface area contributed by atoms with Crippen molar-refractivity contribution in [1.82, 2.24) is 9.47 Å². The van der Waals surface area contributed by atoms with Crippen molar-refractivity contribution in [3.8, 4) is 0 Å². The molecule has 29 heavy (non-hydrogen) atoms. The smallest absolute Gasteiger partial charge is 0.338 e. The Kier molecular flexibility index (Phi) is 5.83. The lowest BCUT2D eigenvalue weighted by atomic mass is 9.98. The molecule has 0 fully saturated rings. The number of nitrogens with zero attached hydrogens (tertiary/aromatic N) is 2. The number of aromatic nitrogens is 1. The fourth-order valence-corrected chi connectivity index (χ4v) is 3.52. The number of methoxy groups -OCH3 is 1. The molecule has 0 bridgehead atoms. The number of esters is 1. The predicted octanol–water partition coefficient (Wildman–Crippen LogP) is 4.22. The normalized spacial score (nSPS) is 10.8. The molecule has 0 aliphatic carbocycles. The van der Waals surface area contributed by atoms with Gasteiger partial charge in [0.2, 0.25) is 0 Å². The zero-order valence-electron chi connectivity index (χ0n) is 16.0. The molecule has 0 atom stereocenters. The number of ketones is 1. The first-order chi connectivity index (χ1) is 13.8. The van der Waals surface area contributed by atoms with Crippen LogP contribution in [0, 0.1) is 5.82 Å². The average Bonchev–Trinajstić information content (AvgIpc) is 3.11. The van der Waals surface area contributed by atoms with Crippen molar-refractivity contribution in [3.05, 3.63) is 70.7 Å². The second kappa shape index (κ2) is 8.16. The summed E-state index contributed by atoms with van der Waals surface area (Å²) in [6.45, 7) is 0. The van der Waals surface area contributed by atoms with E-state index in [1.807, 2.05) is 0 Å². The number of alkyl halides is 1. The number of fused-ring (bicyclic) bond motifs is 1. The number of ether oxygens (including phenoxy) is 1. The van der Waals surface area contributed by atoms with E-state index in [9.17, 15) is 18.8 Å². The summed E-state index contributed by atoms with van der Waals surface area (Å²) in [5.41, 5.74) is 1.18. The molecule has 1 heterocycles. The van der Waals surface area contributed by atoms with Crippen LogP contribution in [0.2, 0.25) is 0 Å². The topological polar surface area (TPSA) is 68.6 Å². The number of amides is 1. The van der Waals surface area contributed by atoms with Crippen LogP contribution in [0.3, 0.4) is 0 Å². The molecule has 0 saturated heterocycles. The van der Waals surface area contributed by atoms with Crippen LogP contribution in [0.1, 0.15) is 31.8 Å². The maximum Gasteiger partial charge on any atom is 0.338 e. The average molecular weight is 461 g/mol. The number of carbonyl (C=O) groups is 3. The van der Waals surface area contributed by atoms with E-state index in [-0.39, 0.29) is 22.1 Å². The van der Waals surface area contributed by atoms with Crippen molar-refractivity contribution in [3.63, 3.8) is 0 Å². The van der Waals surface area contributed by atoms with Gasteiger partial charge in [0.25, 0.3) is 0 Å². The van der Waals surface area contributed by atoms with E-state index in [0.717, 1.165) is 6.07 Å². The quantitative estimate of drug-likeness (QED) is 0.332. The minimum absolute atomic E-state index is 0.113. The zero-order chi connectivity index (χ0) is 21.3. The van der Waals surface area contributed by atoms with Gasteiger partial charge in [-0.3, -0.25) is 9.36 Å². The van der Waals surface area contributed by atoms with Gasteiger partial charge in [-0.1, -0.05) is 34.1 Å². The molecular formula is C21H18BrFN2O4. The standard InChI is InChI=1S/C21H18BrFN2O4/c1-24(2)21(28)25-11-15(18-14(20(27)29-3)5-4-6-17(18)25)19(26)12-7-8-13(10-22)16(23)9-12/h4-9,11H,10H2,1-3H3. The maximum absolute atomic E-state index is 14.2. The molecule has 3 aromatic rings. The number of hydrogen-bond acceptors (Lipinski definition) is 4. The van der Waals surface area contributed by atoms with Gasteiger partial charge in [0.15, 0.2) is 5.78 Å². The van der Waals surface area contributed by atoms with Crippen LogP contribution in [0.15, 0.2) is 42.6 Å². The van der Waals surface area contributed by atoms with Crippen molar-refractivity contribution in [2.75, 3.05) is 21.2 Å². The van der Waals surface area contributed by atoms with Crippen LogP contribution in [-0.2, 0) is 10.1 Å². The summed E-state index contributed by atoms with van der Waals surface area (Å²) in [5.74, 6) is -1.66. The van der Waals surface area contributed by atoms with Gasteiger partial charge in [0.1, 0.15) is 5.82 Å². The Bertz CT molecular complexity index is 1140. The van der Waals surface area contributed by atoms with E-state index < -0.39 is 23.6 Å². The number of benzene rings is 2. The van der Waals surface area contributed by atoms with E-state index in [1.165, 1.54) is 41.0 Å². The largest absolute Gasteiger partial charge is 0.465 e. The van der Waals surface area contributed by atoms with Gasteiger partial charge < -0.3 is 9.64 Å². The first-order valence-corrected chi connectivity index (χ1v) is 9.75. The monoisotopic (exact) mass is 460 g/mol. The van der Waals surface area contributed by atoms with Crippen molar-refractivity contribution < 1.29 is 23.5 Å². The predicted molar refractivity (Wildman–Crippen MR) is 110 cm³/mol. The van der Waals surface area contributed by atoms with Gasteiger partial charge in [0, 0.05) is 42.1 Å². The van der Waals surface area contributed by atoms with Crippen molar-refractivity contribution >= 4 is 44.6 Å². The molecule has 0 spiro atoms. The summed E-state index contributed by atoms with van der Waals surface area (Å²) in [4.78, 5) is 39.5.